The minimum atomic E-state index is -0.865. The zero-order chi connectivity index (χ0) is 26.0. The Hall–Kier alpha value is -3.03. The highest BCUT2D eigenvalue weighted by Gasteiger charge is 2.37. The minimum absolute atomic E-state index is 0.0878. The summed E-state index contributed by atoms with van der Waals surface area (Å²) in [5.41, 5.74) is 0.525. The highest BCUT2D eigenvalue weighted by molar-refractivity contribution is 14.1. The molecule has 1 fully saturated rings. The molecule has 1 saturated heterocycles. The summed E-state index contributed by atoms with van der Waals surface area (Å²) in [5, 5.41) is 2.18. The highest BCUT2D eigenvalue weighted by Crippen LogP contribution is 2.36. The third kappa shape index (κ3) is 5.52. The molecule has 3 aromatic carbocycles. The molecule has 1 aliphatic rings. The monoisotopic (exact) mass is 724 g/mol. The van der Waals surface area contributed by atoms with E-state index in [0.717, 1.165) is 8.47 Å². The maximum absolute atomic E-state index is 13.3. The van der Waals surface area contributed by atoms with Crippen LogP contribution in [0.1, 0.15) is 15.9 Å². The molecule has 1 heterocycles. The van der Waals surface area contributed by atoms with E-state index in [9.17, 15) is 19.2 Å². The largest absolute Gasteiger partial charge is 0.497 e. The van der Waals surface area contributed by atoms with Crippen LogP contribution in [-0.4, -0.2) is 30.9 Å². The molecule has 0 aliphatic carbocycles. The molecule has 0 unspecified atom stereocenters. The van der Waals surface area contributed by atoms with Crippen LogP contribution < -0.4 is 19.7 Å². The molecule has 0 bridgehead atoms. The summed E-state index contributed by atoms with van der Waals surface area (Å²) in [6.45, 7) is 0. The molecule has 0 aromatic heterocycles. The van der Waals surface area contributed by atoms with Crippen molar-refractivity contribution >= 4 is 90.0 Å². The first-order chi connectivity index (χ1) is 17.2. The Balaban J connectivity index is 1.72. The Morgan fingerprint density at radius 2 is 1.67 bits per heavy atom. The van der Waals surface area contributed by atoms with Crippen molar-refractivity contribution in [1.29, 1.82) is 0 Å². The first-order valence-corrected chi connectivity index (χ1v) is 12.9. The molecule has 182 valence electrons. The van der Waals surface area contributed by atoms with Crippen LogP contribution in [0.25, 0.3) is 6.08 Å². The fourth-order valence-electron chi connectivity index (χ4n) is 3.31. The molecule has 4 amide bonds. The van der Waals surface area contributed by atoms with Crippen LogP contribution >= 0.6 is 54.5 Å². The third-order valence-corrected chi connectivity index (χ3v) is 6.81. The summed E-state index contributed by atoms with van der Waals surface area (Å²) in [5.74, 6) is -1.67. The predicted octanol–water partition coefficient (Wildman–Crippen LogP) is 5.71. The van der Waals surface area contributed by atoms with Crippen molar-refractivity contribution in [2.75, 3.05) is 12.0 Å². The second kappa shape index (κ2) is 10.9. The average molecular weight is 726 g/mol. The first-order valence-electron chi connectivity index (χ1n) is 10.2. The lowest BCUT2D eigenvalue weighted by Crippen LogP contribution is -2.54. The standard InChI is InChI=1S/C25H15Br2IN2O6/c1-35-18-8-2-13(3-9-18)24(33)36-21-14(10-15(26)12-20(21)27)11-19-22(31)29-25(34)30(23(19)32)17-6-4-16(28)5-7-17/h2-12H,1H3,(H,29,31,34)/b19-11-. The van der Waals surface area contributed by atoms with Crippen LogP contribution in [-0.2, 0) is 9.59 Å². The number of urea groups is 1. The number of imide groups is 2. The second-order valence-corrected chi connectivity index (χ2v) is 10.4. The Labute approximate surface area is 236 Å². The Kier molecular flexibility index (Phi) is 7.91. The fourth-order valence-corrected chi connectivity index (χ4v) is 5.01. The molecule has 1 N–H and O–H groups in total. The number of esters is 1. The van der Waals surface area contributed by atoms with Gasteiger partial charge < -0.3 is 9.47 Å². The van der Waals surface area contributed by atoms with Crippen LogP contribution in [0.2, 0.25) is 0 Å². The van der Waals surface area contributed by atoms with E-state index in [1.165, 1.54) is 13.2 Å². The summed E-state index contributed by atoms with van der Waals surface area (Å²) in [6, 6.07) is 15.4. The molecule has 4 rings (SSSR count). The van der Waals surface area contributed by atoms with E-state index in [-0.39, 0.29) is 22.4 Å². The molecule has 0 radical (unpaired) electrons. The molecule has 1 aliphatic heterocycles. The fraction of sp³-hybridized carbons (Fsp3) is 0.0400. The van der Waals surface area contributed by atoms with E-state index in [4.69, 9.17) is 9.47 Å². The second-order valence-electron chi connectivity index (χ2n) is 7.36. The first kappa shape index (κ1) is 26.0. The van der Waals surface area contributed by atoms with Gasteiger partial charge in [0.05, 0.1) is 22.8 Å². The summed E-state index contributed by atoms with van der Waals surface area (Å²) >= 11 is 8.85. The maximum Gasteiger partial charge on any atom is 0.343 e. The number of methoxy groups -OCH3 is 1. The maximum atomic E-state index is 13.3. The number of nitrogens with zero attached hydrogens (tertiary/aromatic N) is 1. The Morgan fingerprint density at radius 3 is 2.31 bits per heavy atom. The smallest absolute Gasteiger partial charge is 0.343 e. The Morgan fingerprint density at radius 1 is 1.00 bits per heavy atom. The lowest BCUT2D eigenvalue weighted by molar-refractivity contribution is -0.122. The van der Waals surface area contributed by atoms with Crippen molar-refractivity contribution in [3.05, 3.63) is 89.9 Å². The van der Waals surface area contributed by atoms with Gasteiger partial charge in [-0.3, -0.25) is 14.9 Å². The summed E-state index contributed by atoms with van der Waals surface area (Å²) in [4.78, 5) is 52.1. The van der Waals surface area contributed by atoms with Gasteiger partial charge >= 0.3 is 12.0 Å². The number of amides is 4. The number of hydrogen-bond acceptors (Lipinski definition) is 6. The van der Waals surface area contributed by atoms with Gasteiger partial charge in [0.15, 0.2) is 5.75 Å². The summed E-state index contributed by atoms with van der Waals surface area (Å²) in [7, 11) is 1.52. The molecular formula is C25H15Br2IN2O6. The number of carbonyl (C=O) groups excluding carboxylic acids is 4. The van der Waals surface area contributed by atoms with E-state index in [2.05, 4.69) is 59.8 Å². The van der Waals surface area contributed by atoms with Gasteiger partial charge in [-0.1, -0.05) is 15.9 Å². The zero-order valence-corrected chi connectivity index (χ0v) is 23.7. The van der Waals surface area contributed by atoms with E-state index in [0.29, 0.717) is 20.4 Å². The number of benzene rings is 3. The van der Waals surface area contributed by atoms with Crippen LogP contribution in [0.5, 0.6) is 11.5 Å². The Bertz CT molecular complexity index is 1420. The minimum Gasteiger partial charge on any atom is -0.497 e. The van der Waals surface area contributed by atoms with E-state index < -0.39 is 23.8 Å². The quantitative estimate of drug-likeness (QED) is 0.119. The lowest BCUT2D eigenvalue weighted by Gasteiger charge is -2.26. The predicted molar refractivity (Wildman–Crippen MR) is 148 cm³/mol. The molecule has 0 atom stereocenters. The number of anilines is 1. The van der Waals surface area contributed by atoms with E-state index in [1.54, 1.807) is 60.7 Å². The normalized spacial score (nSPS) is 14.6. The molecule has 3 aromatic rings. The van der Waals surface area contributed by atoms with Gasteiger partial charge in [0.2, 0.25) is 0 Å². The number of hydrogen-bond donors (Lipinski definition) is 1. The number of barbiturate groups is 1. The van der Waals surface area contributed by atoms with Crippen molar-refractivity contribution in [2.24, 2.45) is 0 Å². The molecular weight excluding hydrogens is 711 g/mol. The van der Waals surface area contributed by atoms with Gasteiger partial charge in [-0.15, -0.1) is 0 Å². The molecule has 36 heavy (non-hydrogen) atoms. The molecule has 8 nitrogen and oxygen atoms in total. The summed E-state index contributed by atoms with van der Waals surface area (Å²) < 4.78 is 12.7. The van der Waals surface area contributed by atoms with Crippen LogP contribution in [0, 0.1) is 3.57 Å². The number of carbonyl (C=O) groups is 4. The number of halogens is 3. The highest BCUT2D eigenvalue weighted by atomic mass is 127. The van der Waals surface area contributed by atoms with E-state index >= 15 is 0 Å². The van der Waals surface area contributed by atoms with Gasteiger partial charge in [0, 0.05) is 13.6 Å². The van der Waals surface area contributed by atoms with Crippen molar-refractivity contribution in [3.8, 4) is 11.5 Å². The summed E-state index contributed by atoms with van der Waals surface area (Å²) in [6.07, 6.45) is 1.27. The SMILES string of the molecule is COc1ccc(C(=O)Oc2c(Br)cc(Br)cc2/C=C2/C(=O)NC(=O)N(c3ccc(I)cc3)C2=O)cc1. The molecule has 0 saturated carbocycles. The zero-order valence-electron chi connectivity index (χ0n) is 18.4. The van der Waals surface area contributed by atoms with Crippen LogP contribution in [0.15, 0.2) is 75.2 Å². The molecule has 0 spiro atoms. The van der Waals surface area contributed by atoms with Crippen molar-refractivity contribution in [1.82, 2.24) is 5.32 Å². The van der Waals surface area contributed by atoms with Gasteiger partial charge in [0.1, 0.15) is 11.3 Å². The van der Waals surface area contributed by atoms with Gasteiger partial charge in [-0.25, -0.2) is 14.5 Å². The van der Waals surface area contributed by atoms with Gasteiger partial charge in [-0.05, 0) is 105 Å². The van der Waals surface area contributed by atoms with Crippen LogP contribution in [0.3, 0.4) is 0 Å². The van der Waals surface area contributed by atoms with Crippen molar-refractivity contribution in [2.45, 2.75) is 0 Å². The van der Waals surface area contributed by atoms with Gasteiger partial charge in [0.25, 0.3) is 11.8 Å². The number of ether oxygens (including phenoxy) is 2. The van der Waals surface area contributed by atoms with Crippen LogP contribution in [0.4, 0.5) is 10.5 Å². The number of rotatable bonds is 5. The van der Waals surface area contributed by atoms with Crippen molar-refractivity contribution in [3.63, 3.8) is 0 Å². The number of nitrogens with one attached hydrogen (secondary N) is 1. The lowest BCUT2D eigenvalue weighted by atomic mass is 10.1. The van der Waals surface area contributed by atoms with E-state index in [1.807, 2.05) is 0 Å². The van der Waals surface area contributed by atoms with Gasteiger partial charge in [-0.2, -0.15) is 0 Å². The topological polar surface area (TPSA) is 102 Å². The van der Waals surface area contributed by atoms with Crippen molar-refractivity contribution < 1.29 is 28.7 Å². The average Bonchev–Trinajstić information content (AvgIpc) is 2.84. The molecule has 11 heteroatoms. The third-order valence-electron chi connectivity index (χ3n) is 5.04.